The van der Waals surface area contributed by atoms with Gasteiger partial charge in [0.15, 0.2) is 9.84 Å². The van der Waals surface area contributed by atoms with Crippen molar-refractivity contribution in [3.8, 4) is 0 Å². The molecule has 0 saturated carbocycles. The summed E-state index contributed by atoms with van der Waals surface area (Å²) in [7, 11) is 1.11. The molecule has 1 fully saturated rings. The number of likely N-dealkylation sites (N-methyl/N-ethyl adjacent to an activating group) is 1. The van der Waals surface area contributed by atoms with Crippen molar-refractivity contribution in [2.24, 2.45) is 0 Å². The van der Waals surface area contributed by atoms with Crippen LogP contribution in [-0.4, -0.2) is 57.5 Å². The van der Waals surface area contributed by atoms with Crippen LogP contribution in [0.2, 0.25) is 0 Å². The van der Waals surface area contributed by atoms with Gasteiger partial charge in [0.1, 0.15) is 0 Å². The highest BCUT2D eigenvalue weighted by Gasteiger charge is 2.30. The van der Waals surface area contributed by atoms with E-state index in [0.29, 0.717) is 12.6 Å². The minimum Gasteiger partial charge on any atom is -0.314 e. The number of nitrogens with one attached hydrogen (secondary N) is 1. The maximum absolute atomic E-state index is 11.7. The van der Waals surface area contributed by atoms with E-state index in [0.717, 1.165) is 13.0 Å². The smallest absolute Gasteiger partial charge is 0.154 e. The highest BCUT2D eigenvalue weighted by atomic mass is 32.2. The van der Waals surface area contributed by atoms with Gasteiger partial charge < -0.3 is 10.2 Å². The third kappa shape index (κ3) is 2.68. The first-order valence-corrected chi connectivity index (χ1v) is 6.77. The summed E-state index contributed by atoms with van der Waals surface area (Å²) in [5.41, 5.74) is 0. The minimum absolute atomic E-state index is 0.200. The second-order valence-electron chi connectivity index (χ2n) is 4.08. The van der Waals surface area contributed by atoms with E-state index in [1.165, 1.54) is 0 Å². The third-order valence-corrected chi connectivity index (χ3v) is 5.11. The predicted molar refractivity (Wildman–Crippen MR) is 58.2 cm³/mol. The molecule has 14 heavy (non-hydrogen) atoms. The standard InChI is InChI=1S/C9H20N2O2S/c1-4-14(12,13)9-5-8(11(2)3)6-10-7-9/h8-10H,4-7H2,1-3H3. The van der Waals surface area contributed by atoms with Crippen LogP contribution in [-0.2, 0) is 9.84 Å². The Bertz CT molecular complexity index is 275. The molecule has 1 aliphatic rings. The van der Waals surface area contributed by atoms with E-state index in [1.54, 1.807) is 6.92 Å². The van der Waals surface area contributed by atoms with Gasteiger partial charge in [-0.15, -0.1) is 0 Å². The zero-order valence-electron chi connectivity index (χ0n) is 9.16. The van der Waals surface area contributed by atoms with Crippen LogP contribution < -0.4 is 5.32 Å². The molecule has 0 aromatic rings. The second kappa shape index (κ2) is 4.59. The fourth-order valence-electron chi connectivity index (χ4n) is 1.78. The first-order chi connectivity index (χ1) is 6.47. The Balaban J connectivity index is 2.65. The van der Waals surface area contributed by atoms with Gasteiger partial charge in [-0.3, -0.25) is 0 Å². The number of rotatable bonds is 3. The van der Waals surface area contributed by atoms with Gasteiger partial charge in [-0.2, -0.15) is 0 Å². The van der Waals surface area contributed by atoms with Crippen LogP contribution in [0.1, 0.15) is 13.3 Å². The second-order valence-corrected chi connectivity index (χ2v) is 6.65. The van der Waals surface area contributed by atoms with Crippen LogP contribution in [0.4, 0.5) is 0 Å². The highest BCUT2D eigenvalue weighted by molar-refractivity contribution is 7.92. The zero-order valence-corrected chi connectivity index (χ0v) is 9.97. The Morgan fingerprint density at radius 3 is 2.50 bits per heavy atom. The summed E-state index contributed by atoms with van der Waals surface area (Å²) in [5, 5.41) is 2.99. The molecule has 4 nitrogen and oxygen atoms in total. The van der Waals surface area contributed by atoms with Crippen molar-refractivity contribution in [2.45, 2.75) is 24.6 Å². The average Bonchev–Trinajstić information content (AvgIpc) is 2.18. The van der Waals surface area contributed by atoms with Crippen LogP contribution in [0, 0.1) is 0 Å². The fourth-order valence-corrected chi connectivity index (χ4v) is 3.14. The fraction of sp³-hybridized carbons (Fsp3) is 1.00. The maximum Gasteiger partial charge on any atom is 0.154 e. The quantitative estimate of drug-likeness (QED) is 0.710. The first kappa shape index (κ1) is 11.9. The summed E-state index contributed by atoms with van der Waals surface area (Å²) in [6, 6.07) is 0.343. The van der Waals surface area contributed by atoms with Crippen molar-refractivity contribution in [2.75, 3.05) is 32.9 Å². The number of piperidine rings is 1. The molecule has 1 heterocycles. The van der Waals surface area contributed by atoms with Crippen LogP contribution >= 0.6 is 0 Å². The molecule has 0 aromatic carbocycles. The average molecular weight is 220 g/mol. The SMILES string of the molecule is CCS(=O)(=O)C1CNCC(N(C)C)C1. The van der Waals surface area contributed by atoms with E-state index in [-0.39, 0.29) is 11.0 Å². The topological polar surface area (TPSA) is 49.4 Å². The third-order valence-electron chi connectivity index (χ3n) is 2.93. The normalized spacial score (nSPS) is 29.4. The number of hydrogen-bond donors (Lipinski definition) is 1. The van der Waals surface area contributed by atoms with E-state index in [2.05, 4.69) is 10.2 Å². The van der Waals surface area contributed by atoms with Gasteiger partial charge in [-0.05, 0) is 20.5 Å². The van der Waals surface area contributed by atoms with Crippen LogP contribution in [0.3, 0.4) is 0 Å². The Kier molecular flexibility index (Phi) is 3.92. The van der Waals surface area contributed by atoms with E-state index in [1.807, 2.05) is 14.1 Å². The lowest BCUT2D eigenvalue weighted by Crippen LogP contribution is -2.51. The van der Waals surface area contributed by atoms with Gasteiger partial charge in [0, 0.05) is 24.9 Å². The van der Waals surface area contributed by atoms with Gasteiger partial charge in [0.25, 0.3) is 0 Å². The van der Waals surface area contributed by atoms with E-state index < -0.39 is 9.84 Å². The van der Waals surface area contributed by atoms with Gasteiger partial charge in [0.2, 0.25) is 0 Å². The van der Waals surface area contributed by atoms with Crippen LogP contribution in [0.15, 0.2) is 0 Å². The molecule has 1 rings (SSSR count). The molecule has 0 amide bonds. The van der Waals surface area contributed by atoms with Crippen molar-refractivity contribution < 1.29 is 8.42 Å². The Hall–Kier alpha value is -0.130. The molecule has 0 spiro atoms. The van der Waals surface area contributed by atoms with Crippen LogP contribution in [0.25, 0.3) is 0 Å². The summed E-state index contributed by atoms with van der Waals surface area (Å²) in [4.78, 5) is 2.09. The van der Waals surface area contributed by atoms with Crippen molar-refractivity contribution in [3.05, 3.63) is 0 Å². The molecule has 1 N–H and O–H groups in total. The highest BCUT2D eigenvalue weighted by Crippen LogP contribution is 2.15. The molecule has 5 heteroatoms. The monoisotopic (exact) mass is 220 g/mol. The Morgan fingerprint density at radius 1 is 1.36 bits per heavy atom. The summed E-state index contributed by atoms with van der Waals surface area (Å²) < 4.78 is 23.3. The molecule has 2 atom stereocenters. The van der Waals surface area contributed by atoms with Crippen molar-refractivity contribution in [1.29, 1.82) is 0 Å². The molecule has 2 unspecified atom stereocenters. The number of hydrogen-bond acceptors (Lipinski definition) is 4. The maximum atomic E-state index is 11.7. The number of sulfone groups is 1. The molecular formula is C9H20N2O2S. The molecule has 0 aliphatic carbocycles. The summed E-state index contributed by atoms with van der Waals surface area (Å²) in [6.07, 6.45) is 0.760. The molecule has 84 valence electrons. The summed E-state index contributed by atoms with van der Waals surface area (Å²) >= 11 is 0. The molecule has 1 saturated heterocycles. The number of nitrogens with zero attached hydrogens (tertiary/aromatic N) is 1. The van der Waals surface area contributed by atoms with E-state index >= 15 is 0 Å². The minimum atomic E-state index is -2.88. The Labute approximate surface area is 86.6 Å². The lowest BCUT2D eigenvalue weighted by molar-refractivity contribution is 0.243. The van der Waals surface area contributed by atoms with Gasteiger partial charge in [-0.1, -0.05) is 6.92 Å². The molecule has 0 radical (unpaired) electrons. The zero-order chi connectivity index (χ0) is 10.8. The van der Waals surface area contributed by atoms with E-state index in [4.69, 9.17) is 0 Å². The van der Waals surface area contributed by atoms with Crippen molar-refractivity contribution in [1.82, 2.24) is 10.2 Å². The summed E-state index contributed by atoms with van der Waals surface area (Å²) in [5.74, 6) is 0.249. The molecule has 1 aliphatic heterocycles. The first-order valence-electron chi connectivity index (χ1n) is 5.06. The van der Waals surface area contributed by atoms with Crippen LogP contribution in [0.5, 0.6) is 0 Å². The van der Waals surface area contributed by atoms with Gasteiger partial charge >= 0.3 is 0 Å². The van der Waals surface area contributed by atoms with Gasteiger partial charge in [0.05, 0.1) is 5.25 Å². The molecular weight excluding hydrogens is 200 g/mol. The van der Waals surface area contributed by atoms with E-state index in [9.17, 15) is 8.42 Å². The largest absolute Gasteiger partial charge is 0.314 e. The summed E-state index contributed by atoms with van der Waals surface area (Å²) in [6.45, 7) is 3.22. The van der Waals surface area contributed by atoms with Crippen molar-refractivity contribution in [3.63, 3.8) is 0 Å². The van der Waals surface area contributed by atoms with Crippen molar-refractivity contribution >= 4 is 9.84 Å². The molecule has 0 aromatic heterocycles. The Morgan fingerprint density at radius 2 is 2.00 bits per heavy atom. The molecule has 0 bridgehead atoms. The predicted octanol–water partition coefficient (Wildman–Crippen LogP) is -0.287. The van der Waals surface area contributed by atoms with Gasteiger partial charge in [-0.25, -0.2) is 8.42 Å². The lowest BCUT2D eigenvalue weighted by atomic mass is 10.1. The lowest BCUT2D eigenvalue weighted by Gasteiger charge is -2.33.